The van der Waals surface area contributed by atoms with E-state index >= 15 is 0 Å². The van der Waals surface area contributed by atoms with Gasteiger partial charge >= 0.3 is 12.0 Å². The molecule has 1 unspecified atom stereocenters. The maximum Gasteiger partial charge on any atom is 0.368 e. The van der Waals surface area contributed by atoms with Crippen LogP contribution >= 0.6 is 66.5 Å². The largest absolute Gasteiger partial charge is 0.368 e. The Kier molecular flexibility index (Phi) is 6.09. The average Bonchev–Trinajstić information content (AvgIpc) is 1.82. The van der Waals surface area contributed by atoms with Gasteiger partial charge in [-0.05, 0) is 17.2 Å². The lowest BCUT2D eigenvalue weighted by Crippen LogP contribution is -2.22. The fourth-order valence-corrected chi connectivity index (χ4v) is 3.21. The van der Waals surface area contributed by atoms with Gasteiger partial charge in [0.15, 0.2) is 0 Å². The Morgan fingerprint density at radius 1 is 1.15 bits per heavy atom. The summed E-state index contributed by atoms with van der Waals surface area (Å²) in [6.07, 6.45) is 0.478. The zero-order valence-corrected chi connectivity index (χ0v) is 13.3. The maximum absolute atomic E-state index is 5.79. The molecule has 0 saturated carbocycles. The van der Waals surface area contributed by atoms with Crippen LogP contribution in [-0.4, -0.2) is 12.0 Å². The summed E-state index contributed by atoms with van der Waals surface area (Å²) >= 11 is 34.6. The van der Waals surface area contributed by atoms with Crippen molar-refractivity contribution in [2.75, 3.05) is 0 Å². The molecule has 0 nitrogen and oxygen atoms in total. The topological polar surface area (TPSA) is 0 Å². The first-order valence-corrected chi connectivity index (χ1v) is 13.5. The van der Waals surface area contributed by atoms with Gasteiger partial charge in [-0.1, -0.05) is 6.92 Å². The molecule has 1 atom stereocenters. The zero-order chi connectivity index (χ0) is 10.9. The van der Waals surface area contributed by atoms with E-state index < -0.39 is 12.0 Å². The quantitative estimate of drug-likeness (QED) is 0.490. The van der Waals surface area contributed by atoms with Crippen LogP contribution < -0.4 is 0 Å². The standard InChI is InChI=1S/C5H8Cl6Si2/c1-4(12(6,7)8)3-5(2)13(9,10)11/h5H,1,3H2,2H3. The van der Waals surface area contributed by atoms with Crippen LogP contribution in [-0.2, 0) is 0 Å². The molecule has 0 radical (unpaired) electrons. The third kappa shape index (κ3) is 6.15. The van der Waals surface area contributed by atoms with E-state index in [1.165, 1.54) is 0 Å². The Bertz CT molecular complexity index is 192. The van der Waals surface area contributed by atoms with Crippen LogP contribution in [0.15, 0.2) is 11.8 Å². The molecule has 0 aromatic rings. The smallest absolute Gasteiger partial charge is 0.126 e. The lowest BCUT2D eigenvalue weighted by atomic mass is 10.3. The van der Waals surface area contributed by atoms with E-state index in [4.69, 9.17) is 66.5 Å². The first kappa shape index (κ1) is 14.9. The molecular formula is C5H8Cl6Si2. The molecule has 0 fully saturated rings. The second kappa shape index (κ2) is 5.31. The van der Waals surface area contributed by atoms with Crippen LogP contribution in [0.2, 0.25) is 5.54 Å². The Morgan fingerprint density at radius 2 is 1.54 bits per heavy atom. The predicted molar refractivity (Wildman–Crippen MR) is 69.8 cm³/mol. The van der Waals surface area contributed by atoms with Crippen molar-refractivity contribution in [3.05, 3.63) is 11.8 Å². The minimum atomic E-state index is -2.83. The lowest BCUT2D eigenvalue weighted by Gasteiger charge is -2.20. The van der Waals surface area contributed by atoms with Gasteiger partial charge in [-0.15, -0.1) is 73.1 Å². The highest BCUT2D eigenvalue weighted by Crippen LogP contribution is 2.41. The minimum absolute atomic E-state index is 0.0758. The second-order valence-electron chi connectivity index (χ2n) is 2.75. The van der Waals surface area contributed by atoms with Crippen LogP contribution in [0, 0.1) is 0 Å². The molecule has 0 spiro atoms. The summed E-state index contributed by atoms with van der Waals surface area (Å²) < 4.78 is 0. The molecule has 0 aliphatic heterocycles. The Balaban J connectivity index is 4.24. The fourth-order valence-electron chi connectivity index (χ4n) is 0.601. The van der Waals surface area contributed by atoms with Gasteiger partial charge in [0, 0.05) is 0 Å². The van der Waals surface area contributed by atoms with E-state index in [0.717, 1.165) is 0 Å². The summed E-state index contributed by atoms with van der Waals surface area (Å²) in [5, 5.41) is 0.587. The van der Waals surface area contributed by atoms with E-state index in [0.29, 0.717) is 11.6 Å². The number of hydrogen-bond donors (Lipinski definition) is 0. The van der Waals surface area contributed by atoms with E-state index in [1.54, 1.807) is 0 Å². The maximum atomic E-state index is 5.79. The fraction of sp³-hybridized carbons (Fsp3) is 0.600. The first-order chi connectivity index (χ1) is 5.55. The molecule has 0 rings (SSSR count). The van der Waals surface area contributed by atoms with Crippen molar-refractivity contribution in [3.63, 3.8) is 0 Å². The second-order valence-corrected chi connectivity index (χ2v) is 20.5. The van der Waals surface area contributed by atoms with Crippen molar-refractivity contribution >= 4 is 78.5 Å². The van der Waals surface area contributed by atoms with Crippen LogP contribution in [0.3, 0.4) is 0 Å². The van der Waals surface area contributed by atoms with Crippen LogP contribution in [0.1, 0.15) is 13.3 Å². The first-order valence-electron chi connectivity index (χ1n) is 3.37. The molecule has 78 valence electrons. The van der Waals surface area contributed by atoms with Crippen LogP contribution in [0.4, 0.5) is 0 Å². The third-order valence-corrected chi connectivity index (χ3v) is 9.60. The Labute approximate surface area is 108 Å². The average molecular weight is 337 g/mol. The summed E-state index contributed by atoms with van der Waals surface area (Å²) in [6, 6.07) is -5.53. The van der Waals surface area contributed by atoms with Gasteiger partial charge in [-0.2, -0.15) is 0 Å². The number of hydrogen-bond acceptors (Lipinski definition) is 0. The molecular weight excluding hydrogens is 329 g/mol. The summed E-state index contributed by atoms with van der Waals surface area (Å²) in [7, 11) is 0. The highest BCUT2D eigenvalue weighted by Gasteiger charge is 2.38. The summed E-state index contributed by atoms with van der Waals surface area (Å²) in [5.74, 6) is 0. The molecule has 0 aliphatic carbocycles. The highest BCUT2D eigenvalue weighted by atomic mass is 35.8. The van der Waals surface area contributed by atoms with Crippen LogP contribution in [0.25, 0.3) is 0 Å². The third-order valence-electron chi connectivity index (χ3n) is 1.51. The van der Waals surface area contributed by atoms with Gasteiger partial charge in [0.05, 0.1) is 0 Å². The molecule has 0 saturated heterocycles. The summed E-state index contributed by atoms with van der Waals surface area (Å²) in [4.78, 5) is 0. The molecule has 0 amide bonds. The normalized spacial score (nSPS) is 15.6. The number of rotatable bonds is 4. The van der Waals surface area contributed by atoms with Crippen molar-refractivity contribution in [1.82, 2.24) is 0 Å². The van der Waals surface area contributed by atoms with Crippen molar-refractivity contribution in [1.29, 1.82) is 0 Å². The van der Waals surface area contributed by atoms with Gasteiger partial charge in [-0.25, -0.2) is 0 Å². The molecule has 0 aliphatic rings. The molecule has 0 bridgehead atoms. The van der Waals surface area contributed by atoms with Crippen molar-refractivity contribution in [3.8, 4) is 0 Å². The molecule has 0 N–H and O–H groups in total. The number of halogens is 6. The SMILES string of the molecule is C=C(CC(C)[Si](Cl)(Cl)Cl)[Si](Cl)(Cl)Cl. The monoisotopic (exact) mass is 334 g/mol. The summed E-state index contributed by atoms with van der Waals surface area (Å²) in [6.45, 7) is 5.52. The molecule has 0 aromatic carbocycles. The molecule has 0 aromatic heterocycles. The van der Waals surface area contributed by atoms with E-state index in [9.17, 15) is 0 Å². The Hall–Kier alpha value is 1.91. The van der Waals surface area contributed by atoms with E-state index in [1.807, 2.05) is 6.92 Å². The van der Waals surface area contributed by atoms with E-state index in [-0.39, 0.29) is 5.54 Å². The molecule has 13 heavy (non-hydrogen) atoms. The van der Waals surface area contributed by atoms with Crippen molar-refractivity contribution in [2.45, 2.75) is 18.9 Å². The van der Waals surface area contributed by atoms with Gasteiger partial charge in [0.2, 0.25) is 0 Å². The zero-order valence-electron chi connectivity index (χ0n) is 6.76. The van der Waals surface area contributed by atoms with Gasteiger partial charge < -0.3 is 0 Å². The lowest BCUT2D eigenvalue weighted by molar-refractivity contribution is 0.926. The molecule has 0 heterocycles. The van der Waals surface area contributed by atoms with Crippen molar-refractivity contribution < 1.29 is 0 Å². The van der Waals surface area contributed by atoms with Crippen molar-refractivity contribution in [2.24, 2.45) is 0 Å². The van der Waals surface area contributed by atoms with Crippen LogP contribution in [0.5, 0.6) is 0 Å². The van der Waals surface area contributed by atoms with E-state index in [2.05, 4.69) is 6.58 Å². The predicted octanol–water partition coefficient (Wildman–Crippen LogP) is 5.17. The van der Waals surface area contributed by atoms with Gasteiger partial charge in [0.1, 0.15) is 0 Å². The minimum Gasteiger partial charge on any atom is -0.126 e. The molecule has 8 heteroatoms. The summed E-state index contributed by atoms with van der Waals surface area (Å²) in [5.41, 5.74) is -0.0758. The van der Waals surface area contributed by atoms with Gasteiger partial charge in [-0.3, -0.25) is 0 Å². The van der Waals surface area contributed by atoms with Gasteiger partial charge in [0.25, 0.3) is 0 Å². The Morgan fingerprint density at radius 3 is 1.77 bits per heavy atom. The highest BCUT2D eigenvalue weighted by molar-refractivity contribution is 7.67. The number of allylic oxidation sites excluding steroid dienone is 1.